The highest BCUT2D eigenvalue weighted by Crippen LogP contribution is 2.40. The third kappa shape index (κ3) is 8.13. The quantitative estimate of drug-likeness (QED) is 0.204. The number of benzene rings is 3. The predicted octanol–water partition coefficient (Wildman–Crippen LogP) is 4.64. The molecule has 3 N–H and O–H groups in total. The number of phosphoric acid groups is 1. The standard InChI is InChI=1S/C30H32N2O3.H3O4P/c1-6-35-25-15-9-22(10-16-25)20-31-24-13-7-21(8-14-24)11-18-28-30(2,3)26-19-23(29(33)34-5)12-17-27(26)32(28)4;1-5(2,3)4/h7-19H,6,20H2,1-5H3;(H3,1,2,3,4). The second kappa shape index (κ2) is 13.1. The molecule has 0 amide bonds. The minimum absolute atomic E-state index is 0.232. The Morgan fingerprint density at radius 2 is 1.68 bits per heavy atom. The van der Waals surface area contributed by atoms with Gasteiger partial charge in [0.2, 0.25) is 5.69 Å². The smallest absolute Gasteiger partial charge is 0.337 e. The minimum Gasteiger partial charge on any atom is -0.756 e. The van der Waals surface area contributed by atoms with Crippen molar-refractivity contribution in [1.82, 2.24) is 0 Å². The van der Waals surface area contributed by atoms with Crippen LogP contribution in [0.3, 0.4) is 0 Å². The largest absolute Gasteiger partial charge is 0.756 e. The molecule has 4 rings (SSSR count). The van der Waals surface area contributed by atoms with E-state index in [-0.39, 0.29) is 11.4 Å². The van der Waals surface area contributed by atoms with Crippen molar-refractivity contribution in [2.75, 3.05) is 26.1 Å². The highest BCUT2D eigenvalue weighted by molar-refractivity contribution is 7.43. The number of methoxy groups -OCH3 is 1. The monoisotopic (exact) mass is 566 g/mol. The number of esters is 1. The number of allylic oxidation sites excluding steroid dienone is 1. The molecule has 40 heavy (non-hydrogen) atoms. The van der Waals surface area contributed by atoms with Gasteiger partial charge in [-0.1, -0.05) is 24.3 Å². The van der Waals surface area contributed by atoms with E-state index >= 15 is 0 Å². The molecular formula is C30H35N2O7P. The lowest BCUT2D eigenvalue weighted by Gasteiger charge is -2.16. The summed E-state index contributed by atoms with van der Waals surface area (Å²) < 4.78 is 21.4. The maximum absolute atomic E-state index is 12.0. The van der Waals surface area contributed by atoms with E-state index in [0.717, 1.165) is 34.8 Å². The molecule has 0 aliphatic carbocycles. The van der Waals surface area contributed by atoms with Crippen molar-refractivity contribution in [2.24, 2.45) is 0 Å². The maximum atomic E-state index is 12.0. The Morgan fingerprint density at radius 1 is 1.05 bits per heavy atom. The van der Waals surface area contributed by atoms with E-state index in [1.54, 1.807) is 0 Å². The van der Waals surface area contributed by atoms with Gasteiger partial charge in [-0.05, 0) is 74.4 Å². The van der Waals surface area contributed by atoms with Gasteiger partial charge in [0.15, 0.2) is 5.71 Å². The fourth-order valence-electron chi connectivity index (χ4n) is 4.54. The average molecular weight is 567 g/mol. The molecule has 1 aliphatic heterocycles. The SMILES string of the molecule is CCOc1ccc(CNc2ccc(C=CC3=[N+](C)c4ccc(C(=O)OC)cc4C3(C)C)cc2)cc1.O=P([O-])(O)O. The van der Waals surface area contributed by atoms with E-state index in [0.29, 0.717) is 12.2 Å². The molecule has 3 aromatic rings. The summed E-state index contributed by atoms with van der Waals surface area (Å²) in [5.41, 5.74) is 7.15. The molecule has 0 atom stereocenters. The van der Waals surface area contributed by atoms with Gasteiger partial charge >= 0.3 is 5.97 Å². The van der Waals surface area contributed by atoms with E-state index in [1.165, 1.54) is 18.4 Å². The van der Waals surface area contributed by atoms with Crippen LogP contribution >= 0.6 is 7.82 Å². The summed E-state index contributed by atoms with van der Waals surface area (Å²) in [4.78, 5) is 34.9. The Bertz CT molecular complexity index is 1430. The number of fused-ring (bicyclic) bond motifs is 1. The number of hydrogen-bond donors (Lipinski definition) is 3. The Morgan fingerprint density at radius 3 is 2.25 bits per heavy atom. The first-order valence-electron chi connectivity index (χ1n) is 12.7. The van der Waals surface area contributed by atoms with Crippen LogP contribution in [0.5, 0.6) is 5.75 Å². The van der Waals surface area contributed by atoms with Crippen molar-refractivity contribution in [3.05, 3.63) is 95.1 Å². The van der Waals surface area contributed by atoms with Gasteiger partial charge in [0.25, 0.3) is 7.82 Å². The van der Waals surface area contributed by atoms with Crippen LogP contribution in [-0.4, -0.2) is 46.8 Å². The fourth-order valence-corrected chi connectivity index (χ4v) is 4.54. The normalized spacial score (nSPS) is 13.9. The molecule has 0 radical (unpaired) electrons. The van der Waals surface area contributed by atoms with Crippen LogP contribution in [0, 0.1) is 0 Å². The molecule has 0 saturated heterocycles. The van der Waals surface area contributed by atoms with Gasteiger partial charge in [-0.25, -0.2) is 4.79 Å². The number of anilines is 1. The van der Waals surface area contributed by atoms with Crippen LogP contribution in [0.25, 0.3) is 6.08 Å². The molecule has 10 heteroatoms. The molecule has 9 nitrogen and oxygen atoms in total. The highest BCUT2D eigenvalue weighted by Gasteiger charge is 2.43. The molecule has 0 fully saturated rings. The molecule has 1 aliphatic rings. The van der Waals surface area contributed by atoms with Crippen molar-refractivity contribution in [2.45, 2.75) is 32.7 Å². The lowest BCUT2D eigenvalue weighted by molar-refractivity contribution is -0.401. The van der Waals surface area contributed by atoms with Crippen LogP contribution in [0.4, 0.5) is 11.4 Å². The number of ether oxygens (including phenoxy) is 2. The van der Waals surface area contributed by atoms with Gasteiger partial charge in [-0.15, -0.1) is 0 Å². The van der Waals surface area contributed by atoms with Crippen molar-refractivity contribution >= 4 is 37.0 Å². The van der Waals surface area contributed by atoms with Gasteiger partial charge in [-0.3, -0.25) is 4.57 Å². The van der Waals surface area contributed by atoms with Crippen LogP contribution in [0.15, 0.2) is 72.8 Å². The summed E-state index contributed by atoms with van der Waals surface area (Å²) in [5, 5.41) is 3.47. The zero-order chi connectivity index (χ0) is 29.5. The van der Waals surface area contributed by atoms with Gasteiger partial charge in [0.1, 0.15) is 12.8 Å². The Balaban J connectivity index is 0.000000810. The molecule has 0 spiro atoms. The van der Waals surface area contributed by atoms with Crippen molar-refractivity contribution in [3.8, 4) is 5.75 Å². The zero-order valence-corrected chi connectivity index (χ0v) is 24.1. The summed E-state index contributed by atoms with van der Waals surface area (Å²) in [7, 11) is -1.41. The summed E-state index contributed by atoms with van der Waals surface area (Å²) in [6.45, 7) is 7.79. The molecule has 0 saturated carbocycles. The van der Waals surface area contributed by atoms with Crippen LogP contribution in [0.1, 0.15) is 47.8 Å². The number of carbonyl (C=O) groups is 1. The molecule has 0 bridgehead atoms. The number of nitrogens with one attached hydrogen (secondary N) is 1. The molecule has 212 valence electrons. The first-order valence-corrected chi connectivity index (χ1v) is 14.2. The Labute approximate surface area is 234 Å². The lowest BCUT2D eigenvalue weighted by atomic mass is 9.80. The lowest BCUT2D eigenvalue weighted by Crippen LogP contribution is -2.26. The molecule has 3 aromatic carbocycles. The van der Waals surface area contributed by atoms with Crippen molar-refractivity contribution < 1.29 is 38.1 Å². The Hall–Kier alpha value is -3.75. The highest BCUT2D eigenvalue weighted by atomic mass is 31.2. The summed E-state index contributed by atoms with van der Waals surface area (Å²) in [6, 6.07) is 22.4. The second-order valence-corrected chi connectivity index (χ2v) is 10.7. The topological polar surface area (TPSA) is 131 Å². The second-order valence-electron chi connectivity index (χ2n) is 9.67. The number of hydrogen-bond acceptors (Lipinski definition) is 6. The van der Waals surface area contributed by atoms with Gasteiger partial charge in [-0.2, -0.15) is 4.58 Å². The first-order chi connectivity index (χ1) is 18.8. The molecule has 0 aromatic heterocycles. The molecule has 1 heterocycles. The molecular weight excluding hydrogens is 531 g/mol. The molecule has 0 unspecified atom stereocenters. The first kappa shape index (κ1) is 30.8. The summed E-state index contributed by atoms with van der Waals surface area (Å²) in [5.74, 6) is 0.583. The minimum atomic E-state index is -4.89. The van der Waals surface area contributed by atoms with Crippen LogP contribution in [-0.2, 0) is 21.3 Å². The number of carbonyl (C=O) groups excluding carboxylic acids is 1. The van der Waals surface area contributed by atoms with E-state index < -0.39 is 7.82 Å². The van der Waals surface area contributed by atoms with Crippen molar-refractivity contribution in [3.63, 3.8) is 0 Å². The predicted molar refractivity (Wildman–Crippen MR) is 154 cm³/mol. The summed E-state index contributed by atoms with van der Waals surface area (Å²) >= 11 is 0. The van der Waals surface area contributed by atoms with E-state index in [1.807, 2.05) is 37.3 Å². The third-order valence-corrected chi connectivity index (χ3v) is 6.53. The zero-order valence-electron chi connectivity index (χ0n) is 23.2. The van der Waals surface area contributed by atoms with Gasteiger partial charge in [0.05, 0.1) is 24.7 Å². The van der Waals surface area contributed by atoms with Crippen LogP contribution in [0.2, 0.25) is 0 Å². The third-order valence-electron chi connectivity index (χ3n) is 6.53. The average Bonchev–Trinajstić information content (AvgIpc) is 3.10. The van der Waals surface area contributed by atoms with Gasteiger partial charge in [0, 0.05) is 29.9 Å². The fraction of sp³-hybridized carbons (Fsp3) is 0.267. The Kier molecular flexibility index (Phi) is 10.1. The van der Waals surface area contributed by atoms with Gasteiger partial charge < -0.3 is 29.5 Å². The maximum Gasteiger partial charge on any atom is 0.337 e. The van der Waals surface area contributed by atoms with E-state index in [9.17, 15) is 4.79 Å². The number of nitrogens with zero attached hydrogens (tertiary/aromatic N) is 1. The van der Waals surface area contributed by atoms with Crippen molar-refractivity contribution in [1.29, 1.82) is 0 Å². The van der Waals surface area contributed by atoms with E-state index in [2.05, 4.69) is 79.3 Å². The number of rotatable bonds is 8. The summed E-state index contributed by atoms with van der Waals surface area (Å²) in [6.07, 6.45) is 4.30. The van der Waals surface area contributed by atoms with E-state index in [4.69, 9.17) is 28.7 Å². The van der Waals surface area contributed by atoms with Crippen LogP contribution < -0.4 is 14.9 Å².